The summed E-state index contributed by atoms with van der Waals surface area (Å²) in [5.74, 6) is 0.295. The standard InChI is InChI=1S/C25H22N2O4/c1-16-8-10-17(11-9-16)26-23-22(20-6-4-5-7-21(20)31-3)24(28)27(25(23)29)18-12-14-19(30-2)15-13-18/h4-15,26H,1-3H3. The first-order valence-electron chi connectivity index (χ1n) is 9.77. The number of amides is 2. The summed E-state index contributed by atoms with van der Waals surface area (Å²) in [6.07, 6.45) is 0. The quantitative estimate of drug-likeness (QED) is 0.605. The van der Waals surface area contributed by atoms with Crippen LogP contribution in [0.15, 0.2) is 78.5 Å². The molecule has 0 saturated heterocycles. The number of nitrogens with zero attached hydrogens (tertiary/aromatic N) is 1. The van der Waals surface area contributed by atoms with E-state index in [0.717, 1.165) is 10.5 Å². The van der Waals surface area contributed by atoms with Crippen molar-refractivity contribution in [2.24, 2.45) is 0 Å². The number of hydrogen-bond donors (Lipinski definition) is 1. The largest absolute Gasteiger partial charge is 0.497 e. The fourth-order valence-electron chi connectivity index (χ4n) is 3.49. The Balaban J connectivity index is 1.83. The molecule has 0 bridgehead atoms. The van der Waals surface area contributed by atoms with Gasteiger partial charge in [-0.2, -0.15) is 0 Å². The van der Waals surface area contributed by atoms with Gasteiger partial charge < -0.3 is 14.8 Å². The predicted octanol–water partition coefficient (Wildman–Crippen LogP) is 4.41. The van der Waals surface area contributed by atoms with Crippen molar-refractivity contribution in [1.82, 2.24) is 0 Å². The first-order chi connectivity index (χ1) is 15.0. The Morgan fingerprint density at radius 2 is 1.45 bits per heavy atom. The number of ether oxygens (including phenoxy) is 2. The number of imide groups is 1. The average Bonchev–Trinajstić information content (AvgIpc) is 3.04. The third-order valence-corrected chi connectivity index (χ3v) is 5.11. The van der Waals surface area contributed by atoms with Gasteiger partial charge in [0.05, 0.1) is 25.5 Å². The van der Waals surface area contributed by atoms with Gasteiger partial charge >= 0.3 is 0 Å². The molecular formula is C25H22N2O4. The van der Waals surface area contributed by atoms with E-state index in [-0.39, 0.29) is 11.3 Å². The van der Waals surface area contributed by atoms with Crippen molar-refractivity contribution >= 4 is 28.8 Å². The summed E-state index contributed by atoms with van der Waals surface area (Å²) in [5.41, 5.74) is 3.29. The Kier molecular flexibility index (Phi) is 5.45. The third-order valence-electron chi connectivity index (χ3n) is 5.11. The molecule has 3 aromatic rings. The Hall–Kier alpha value is -4.06. The monoisotopic (exact) mass is 414 g/mol. The molecule has 1 N–H and O–H groups in total. The molecule has 3 aromatic carbocycles. The van der Waals surface area contributed by atoms with Crippen LogP contribution in [0.5, 0.6) is 11.5 Å². The van der Waals surface area contributed by atoms with Crippen LogP contribution in [0.3, 0.4) is 0 Å². The highest BCUT2D eigenvalue weighted by atomic mass is 16.5. The zero-order valence-corrected chi connectivity index (χ0v) is 17.5. The average molecular weight is 414 g/mol. The molecule has 156 valence electrons. The van der Waals surface area contributed by atoms with Crippen molar-refractivity contribution in [3.05, 3.63) is 89.6 Å². The lowest BCUT2D eigenvalue weighted by Gasteiger charge is -2.16. The molecule has 1 heterocycles. The summed E-state index contributed by atoms with van der Waals surface area (Å²) < 4.78 is 10.7. The van der Waals surface area contributed by atoms with E-state index in [1.807, 2.05) is 43.3 Å². The first kappa shape index (κ1) is 20.2. The summed E-state index contributed by atoms with van der Waals surface area (Å²) in [7, 11) is 3.10. The van der Waals surface area contributed by atoms with Crippen molar-refractivity contribution in [1.29, 1.82) is 0 Å². The Morgan fingerprint density at radius 1 is 0.774 bits per heavy atom. The first-order valence-corrected chi connectivity index (χ1v) is 9.77. The number of carbonyl (C=O) groups excluding carboxylic acids is 2. The van der Waals surface area contributed by atoms with Gasteiger partial charge in [-0.15, -0.1) is 0 Å². The van der Waals surface area contributed by atoms with E-state index < -0.39 is 11.8 Å². The van der Waals surface area contributed by atoms with Gasteiger partial charge in [0, 0.05) is 11.3 Å². The number of aryl methyl sites for hydroxylation is 1. The van der Waals surface area contributed by atoms with E-state index in [4.69, 9.17) is 9.47 Å². The van der Waals surface area contributed by atoms with Crippen LogP contribution in [0.1, 0.15) is 11.1 Å². The van der Waals surface area contributed by atoms with Gasteiger partial charge in [-0.3, -0.25) is 9.59 Å². The molecule has 0 aliphatic carbocycles. The van der Waals surface area contributed by atoms with Crippen LogP contribution >= 0.6 is 0 Å². The number of anilines is 2. The molecular weight excluding hydrogens is 392 g/mol. The number of benzene rings is 3. The second-order valence-electron chi connectivity index (χ2n) is 7.09. The lowest BCUT2D eigenvalue weighted by molar-refractivity contribution is -0.120. The van der Waals surface area contributed by atoms with E-state index in [2.05, 4.69) is 5.32 Å². The summed E-state index contributed by atoms with van der Waals surface area (Å²) in [4.78, 5) is 28.1. The number of carbonyl (C=O) groups is 2. The molecule has 6 heteroatoms. The van der Waals surface area contributed by atoms with Gasteiger partial charge in [0.2, 0.25) is 0 Å². The number of para-hydroxylation sites is 1. The Labute approximate surface area is 180 Å². The highest BCUT2D eigenvalue weighted by Gasteiger charge is 2.41. The van der Waals surface area contributed by atoms with Gasteiger partial charge in [-0.05, 0) is 49.4 Å². The maximum atomic E-state index is 13.5. The molecule has 0 fully saturated rings. The molecule has 1 aliphatic heterocycles. The minimum Gasteiger partial charge on any atom is -0.497 e. The van der Waals surface area contributed by atoms with Crippen LogP contribution in [-0.2, 0) is 9.59 Å². The van der Waals surface area contributed by atoms with Crippen LogP contribution in [0.25, 0.3) is 5.57 Å². The fraction of sp³-hybridized carbons (Fsp3) is 0.120. The molecule has 2 amide bonds. The molecule has 4 rings (SSSR count). The van der Waals surface area contributed by atoms with E-state index in [1.54, 1.807) is 43.5 Å². The zero-order valence-electron chi connectivity index (χ0n) is 17.5. The van der Waals surface area contributed by atoms with Crippen LogP contribution in [-0.4, -0.2) is 26.0 Å². The van der Waals surface area contributed by atoms with Crippen molar-refractivity contribution in [2.45, 2.75) is 6.92 Å². The van der Waals surface area contributed by atoms with Crippen molar-refractivity contribution in [3.8, 4) is 11.5 Å². The van der Waals surface area contributed by atoms with Crippen LogP contribution < -0.4 is 19.7 Å². The topological polar surface area (TPSA) is 67.9 Å². The third kappa shape index (κ3) is 3.75. The number of nitrogens with one attached hydrogen (secondary N) is 1. The number of rotatable bonds is 6. The van der Waals surface area contributed by atoms with E-state index in [0.29, 0.717) is 28.4 Å². The van der Waals surface area contributed by atoms with E-state index in [9.17, 15) is 9.59 Å². The molecule has 0 saturated carbocycles. The normalized spacial score (nSPS) is 13.6. The molecule has 0 atom stereocenters. The van der Waals surface area contributed by atoms with Crippen LogP contribution in [0, 0.1) is 6.92 Å². The summed E-state index contributed by atoms with van der Waals surface area (Å²) in [6, 6.07) is 21.6. The summed E-state index contributed by atoms with van der Waals surface area (Å²) in [5, 5.41) is 3.16. The minimum absolute atomic E-state index is 0.203. The number of hydrogen-bond acceptors (Lipinski definition) is 5. The second kappa shape index (κ2) is 8.36. The smallest absolute Gasteiger partial charge is 0.282 e. The predicted molar refractivity (Wildman–Crippen MR) is 120 cm³/mol. The van der Waals surface area contributed by atoms with Gasteiger partial charge in [0.1, 0.15) is 17.2 Å². The molecule has 0 aromatic heterocycles. The maximum Gasteiger partial charge on any atom is 0.282 e. The van der Waals surface area contributed by atoms with Gasteiger partial charge in [0.25, 0.3) is 11.8 Å². The van der Waals surface area contributed by atoms with Crippen molar-refractivity contribution < 1.29 is 19.1 Å². The molecule has 0 radical (unpaired) electrons. The second-order valence-corrected chi connectivity index (χ2v) is 7.09. The Morgan fingerprint density at radius 3 is 2.10 bits per heavy atom. The highest BCUT2D eigenvalue weighted by Crippen LogP contribution is 2.37. The fourth-order valence-corrected chi connectivity index (χ4v) is 3.49. The zero-order chi connectivity index (χ0) is 22.0. The molecule has 1 aliphatic rings. The van der Waals surface area contributed by atoms with Gasteiger partial charge in [0.15, 0.2) is 0 Å². The Bertz CT molecular complexity index is 1160. The summed E-state index contributed by atoms with van der Waals surface area (Å²) in [6.45, 7) is 1.99. The van der Waals surface area contributed by atoms with Gasteiger partial charge in [-0.25, -0.2) is 4.90 Å². The lowest BCUT2D eigenvalue weighted by Crippen LogP contribution is -2.32. The highest BCUT2D eigenvalue weighted by molar-refractivity contribution is 6.46. The summed E-state index contributed by atoms with van der Waals surface area (Å²) >= 11 is 0. The molecule has 31 heavy (non-hydrogen) atoms. The van der Waals surface area contributed by atoms with Crippen molar-refractivity contribution in [2.75, 3.05) is 24.4 Å². The number of methoxy groups -OCH3 is 2. The van der Waals surface area contributed by atoms with E-state index in [1.165, 1.54) is 7.11 Å². The van der Waals surface area contributed by atoms with E-state index >= 15 is 0 Å². The van der Waals surface area contributed by atoms with Crippen LogP contribution in [0.2, 0.25) is 0 Å². The van der Waals surface area contributed by atoms with Crippen LogP contribution in [0.4, 0.5) is 11.4 Å². The molecule has 0 spiro atoms. The maximum absolute atomic E-state index is 13.5. The minimum atomic E-state index is -0.434. The molecule has 6 nitrogen and oxygen atoms in total. The molecule has 0 unspecified atom stereocenters. The van der Waals surface area contributed by atoms with Gasteiger partial charge in [-0.1, -0.05) is 35.9 Å². The van der Waals surface area contributed by atoms with Crippen molar-refractivity contribution in [3.63, 3.8) is 0 Å². The SMILES string of the molecule is COc1ccc(N2C(=O)C(Nc3ccc(C)cc3)=C(c3ccccc3OC)C2=O)cc1. The lowest BCUT2D eigenvalue weighted by atomic mass is 10.0.